The summed E-state index contributed by atoms with van der Waals surface area (Å²) >= 11 is 10.7. The van der Waals surface area contributed by atoms with Crippen LogP contribution < -0.4 is 29.8 Å². The van der Waals surface area contributed by atoms with Gasteiger partial charge in [-0.15, -0.1) is 35.3 Å². The van der Waals surface area contributed by atoms with E-state index >= 15 is 0 Å². The number of fused-ring (bicyclic) bond motifs is 4. The van der Waals surface area contributed by atoms with E-state index in [0.717, 1.165) is 70.8 Å². The predicted molar refractivity (Wildman–Crippen MR) is 300 cm³/mol. The summed E-state index contributed by atoms with van der Waals surface area (Å²) in [5.74, 6) is 1.24. The quantitative estimate of drug-likeness (QED) is 0.0578. The molecule has 0 aliphatic heterocycles. The average molecular weight is 1130 g/mol. The Morgan fingerprint density at radius 3 is 1.86 bits per heavy atom. The van der Waals surface area contributed by atoms with E-state index in [9.17, 15) is 19.2 Å². The van der Waals surface area contributed by atoms with Gasteiger partial charge in [0.1, 0.15) is 35.2 Å². The number of halogens is 1. The number of carbonyl (C=O) groups is 2. The number of carboxylic acids is 2. The van der Waals surface area contributed by atoms with Crippen LogP contribution >= 0.6 is 69.7 Å². The molecule has 9 aromatic rings. The standard InChI is InChI=1S/C14H12O3S.C14H10O2S.C14H9O2S.C7H5IO2.C7H8OS/c1-17-10-5-4-6-11(9-10)18-13-8-3-2-7-12(13)14(15)16;1-16-10-6-4-8-12-13(10)14(15)9-5-2-3-7-11(9)17-12;1-16-9-6-7-11-13(8-9)17-12-5-3-2-4-10(12)14(11)15;8-6-4-2-1-3-5(6)7(9)10;1-8-6-3-2-4-7(9)5-6/h2-9H,1H3,(H,15,16);2-8H,1H3;3-8H,1H3;1-4H,(H,9,10);2-5,9H,1H3/q;;+1;;. The average Bonchev–Trinajstić information content (AvgIpc) is 3.39. The largest absolute Gasteiger partial charge is 0.497 e. The lowest BCUT2D eigenvalue weighted by atomic mass is 10.1. The van der Waals surface area contributed by atoms with E-state index in [-0.39, 0.29) is 10.9 Å². The number of hydrogen-bond acceptors (Lipinski definition) is 12. The van der Waals surface area contributed by atoms with Gasteiger partial charge in [0.05, 0.1) is 56.4 Å². The smallest absolute Gasteiger partial charge is 0.336 e. The highest BCUT2D eigenvalue weighted by Gasteiger charge is 2.18. The van der Waals surface area contributed by atoms with E-state index in [2.05, 4.69) is 18.7 Å². The van der Waals surface area contributed by atoms with Crippen LogP contribution in [0.4, 0.5) is 0 Å². The molecule has 10 nitrogen and oxygen atoms in total. The van der Waals surface area contributed by atoms with Gasteiger partial charge >= 0.3 is 11.9 Å². The first-order valence-corrected chi connectivity index (χ1v) is 25.2. The number of thiol groups is 1. The van der Waals surface area contributed by atoms with Crippen molar-refractivity contribution in [2.24, 2.45) is 0 Å². The van der Waals surface area contributed by atoms with E-state index in [4.69, 9.17) is 29.2 Å². The third-order valence-corrected chi connectivity index (χ3v) is 14.6. The van der Waals surface area contributed by atoms with Crippen LogP contribution in [0.25, 0.3) is 42.4 Å². The Morgan fingerprint density at radius 2 is 1.20 bits per heavy atom. The van der Waals surface area contributed by atoms with Gasteiger partial charge in [0.25, 0.3) is 5.43 Å². The Balaban J connectivity index is 0.000000149. The van der Waals surface area contributed by atoms with Crippen LogP contribution in [0.15, 0.2) is 188 Å². The number of carboxylic acid groups (broad SMARTS) is 2. The minimum absolute atomic E-state index is 0.0480. The van der Waals surface area contributed by atoms with Crippen molar-refractivity contribution in [1.82, 2.24) is 0 Å². The summed E-state index contributed by atoms with van der Waals surface area (Å²) in [6.45, 7) is 0. The molecule has 2 heterocycles. The Kier molecular flexibility index (Phi) is 19.8. The lowest BCUT2D eigenvalue weighted by Crippen LogP contribution is -2.07. The Labute approximate surface area is 441 Å². The number of methoxy groups -OCH3 is 4. The lowest BCUT2D eigenvalue weighted by molar-refractivity contribution is 0.0683. The van der Waals surface area contributed by atoms with E-state index in [1.165, 1.54) is 11.8 Å². The number of aromatic carboxylic acids is 2. The fourth-order valence-corrected chi connectivity index (χ4v) is 10.6. The van der Waals surface area contributed by atoms with Crippen molar-refractivity contribution in [2.75, 3.05) is 28.4 Å². The van der Waals surface area contributed by atoms with Gasteiger partial charge < -0.3 is 29.2 Å². The summed E-state index contributed by atoms with van der Waals surface area (Å²) in [4.78, 5) is 49.7. The summed E-state index contributed by atoms with van der Waals surface area (Å²) in [5, 5.41) is 19.8. The van der Waals surface area contributed by atoms with Crippen molar-refractivity contribution in [3.8, 4) is 23.0 Å². The Hall–Kier alpha value is -6.98. The second kappa shape index (κ2) is 26.3. The molecular weight excluding hydrogens is 1090 g/mol. The second-order valence-electron chi connectivity index (χ2n) is 14.5. The van der Waals surface area contributed by atoms with Gasteiger partial charge in [-0.05, 0) is 126 Å². The van der Waals surface area contributed by atoms with E-state index < -0.39 is 11.9 Å². The van der Waals surface area contributed by atoms with Crippen LogP contribution in [0.3, 0.4) is 0 Å². The molecule has 0 spiro atoms. The molecule has 0 amide bonds. The maximum absolute atomic E-state index is 12.4. The molecule has 0 radical (unpaired) electrons. The molecule has 15 heteroatoms. The number of ether oxygens (including phenoxy) is 4. The number of allylic oxidation sites excluding steroid dienone is 2. The van der Waals surface area contributed by atoms with Crippen LogP contribution in [0, 0.1) is 9.65 Å². The van der Waals surface area contributed by atoms with Crippen molar-refractivity contribution in [3.05, 3.63) is 215 Å². The Bertz CT molecular complexity index is 3510. The van der Waals surface area contributed by atoms with E-state index in [1.807, 2.05) is 156 Å². The molecule has 0 unspecified atom stereocenters. The van der Waals surface area contributed by atoms with Gasteiger partial charge in [-0.1, -0.05) is 66.4 Å². The van der Waals surface area contributed by atoms with E-state index in [1.54, 1.807) is 93.6 Å². The van der Waals surface area contributed by atoms with Crippen LogP contribution in [-0.2, 0) is 0 Å². The zero-order valence-corrected chi connectivity index (χ0v) is 44.0. The highest BCUT2D eigenvalue weighted by Crippen LogP contribution is 2.33. The van der Waals surface area contributed by atoms with Crippen molar-refractivity contribution in [1.29, 1.82) is 0 Å². The van der Waals surface area contributed by atoms with Gasteiger partial charge in [-0.3, -0.25) is 9.59 Å². The van der Waals surface area contributed by atoms with Gasteiger partial charge in [-0.25, -0.2) is 9.59 Å². The minimum Gasteiger partial charge on any atom is -0.497 e. The maximum Gasteiger partial charge on any atom is 0.336 e. The molecule has 7 aromatic carbocycles. The van der Waals surface area contributed by atoms with Crippen LogP contribution in [-0.4, -0.2) is 50.6 Å². The minimum atomic E-state index is -0.916. The zero-order chi connectivity index (χ0) is 50.9. The molecule has 0 saturated carbocycles. The fraction of sp³-hybridized carbons (Fsp3) is 0.0714. The first-order valence-electron chi connectivity index (χ1n) is 21.2. The lowest BCUT2D eigenvalue weighted by Gasteiger charge is -2.06. The molecule has 0 saturated heterocycles. The topological polar surface area (TPSA) is 146 Å². The van der Waals surface area contributed by atoms with Gasteiger partial charge in [0, 0.05) is 43.8 Å². The van der Waals surface area contributed by atoms with Crippen molar-refractivity contribution in [3.63, 3.8) is 0 Å². The van der Waals surface area contributed by atoms with Gasteiger partial charge in [0.2, 0.25) is 0 Å². The second-order valence-corrected chi connectivity index (χ2v) is 19.5. The molecular formula is C56H44IO10S4+. The summed E-state index contributed by atoms with van der Waals surface area (Å²) in [6, 6.07) is 47.8. The maximum atomic E-state index is 12.4. The Morgan fingerprint density at radius 1 is 0.592 bits per heavy atom. The highest BCUT2D eigenvalue weighted by molar-refractivity contribution is 14.1. The first kappa shape index (κ1) is 53.4. The van der Waals surface area contributed by atoms with Crippen LogP contribution in [0.5, 0.6) is 23.0 Å². The number of rotatable bonds is 8. The fourth-order valence-electron chi connectivity index (χ4n) is 6.60. The molecule has 2 aromatic heterocycles. The molecule has 1 aliphatic rings. The van der Waals surface area contributed by atoms with Crippen LogP contribution in [0.1, 0.15) is 31.2 Å². The highest BCUT2D eigenvalue weighted by atomic mass is 127. The summed E-state index contributed by atoms with van der Waals surface area (Å²) in [7, 11) is 6.46. The third-order valence-electron chi connectivity index (χ3n) is 10.1. The summed E-state index contributed by atoms with van der Waals surface area (Å²) in [6.07, 6.45) is 8.43. The molecule has 71 heavy (non-hydrogen) atoms. The molecule has 0 fully saturated rings. The van der Waals surface area contributed by atoms with Gasteiger partial charge in [0.15, 0.2) is 15.9 Å². The number of hydrogen-bond donors (Lipinski definition) is 3. The summed E-state index contributed by atoms with van der Waals surface area (Å²) in [5.41, 5.74) is 1.52. The van der Waals surface area contributed by atoms with Gasteiger partial charge in [-0.2, -0.15) is 0 Å². The monoisotopic (exact) mass is 1130 g/mol. The molecule has 1 aliphatic carbocycles. The molecule has 10 rings (SSSR count). The van der Waals surface area contributed by atoms with Crippen molar-refractivity contribution >= 4 is 124 Å². The molecule has 0 atom stereocenters. The number of benzene rings is 7. The molecule has 358 valence electrons. The first-order chi connectivity index (χ1) is 34.3. The zero-order valence-electron chi connectivity index (χ0n) is 38.5. The van der Waals surface area contributed by atoms with Crippen LogP contribution in [0.2, 0.25) is 0 Å². The normalized spacial score (nSPS) is 10.6. The van der Waals surface area contributed by atoms with E-state index in [0.29, 0.717) is 22.3 Å². The predicted octanol–water partition coefficient (Wildman–Crippen LogP) is 14.1. The summed E-state index contributed by atoms with van der Waals surface area (Å²) < 4.78 is 24.2. The third kappa shape index (κ3) is 14.3. The van der Waals surface area contributed by atoms with Crippen molar-refractivity contribution < 1.29 is 38.7 Å². The van der Waals surface area contributed by atoms with Crippen molar-refractivity contribution in [2.45, 2.75) is 14.7 Å². The molecule has 0 bridgehead atoms. The molecule has 2 N–H and O–H groups in total. The SMILES string of the molecule is COc1ccc2c(=O)c3c(sc2c1)C=C[C+]=C3.COc1cccc(S)c1.COc1cccc(Sc2ccccc2C(=O)O)c1.COc1cccc2sc3ccccc3c(=O)c12.O=C(O)c1ccccc1I.